The molecule has 110 valence electrons. The molecule has 1 rings (SSSR count). The van der Waals surface area contributed by atoms with Crippen LogP contribution < -0.4 is 22.3 Å². The minimum absolute atomic E-state index is 0.176. The summed E-state index contributed by atoms with van der Waals surface area (Å²) >= 11 is 0. The van der Waals surface area contributed by atoms with Crippen molar-refractivity contribution in [2.75, 3.05) is 20.1 Å². The zero-order valence-corrected chi connectivity index (χ0v) is 12.0. The predicted octanol–water partition coefficient (Wildman–Crippen LogP) is -0.696. The van der Waals surface area contributed by atoms with Gasteiger partial charge in [0.2, 0.25) is 5.91 Å². The lowest BCUT2D eigenvalue weighted by Crippen LogP contribution is -2.43. The number of nitrogens with one attached hydrogen (secondary N) is 2. The first-order valence-electron chi connectivity index (χ1n) is 7.08. The van der Waals surface area contributed by atoms with E-state index in [-0.39, 0.29) is 5.91 Å². The summed E-state index contributed by atoms with van der Waals surface area (Å²) in [6.07, 6.45) is 7.13. The van der Waals surface area contributed by atoms with Gasteiger partial charge in [0, 0.05) is 12.5 Å². The van der Waals surface area contributed by atoms with Crippen LogP contribution in [0.25, 0.3) is 0 Å². The fraction of sp³-hybridized carbons (Fsp3) is 0.769. The molecular weight excluding hydrogens is 242 g/mol. The first kappa shape index (κ1) is 15.9. The van der Waals surface area contributed by atoms with E-state index in [1.54, 1.807) is 6.20 Å². The van der Waals surface area contributed by atoms with Gasteiger partial charge in [0.1, 0.15) is 6.20 Å². The Morgan fingerprint density at radius 1 is 1.37 bits per heavy atom. The van der Waals surface area contributed by atoms with Crippen LogP contribution in [0.15, 0.2) is 11.9 Å². The van der Waals surface area contributed by atoms with Gasteiger partial charge in [-0.05, 0) is 52.2 Å². The second-order valence-corrected chi connectivity index (χ2v) is 5.23. The van der Waals surface area contributed by atoms with Crippen LogP contribution in [0.2, 0.25) is 0 Å². The number of piperidine rings is 1. The maximum atomic E-state index is 11.8. The van der Waals surface area contributed by atoms with Gasteiger partial charge < -0.3 is 21.4 Å². The molecule has 0 aliphatic carbocycles. The molecule has 0 saturated carbocycles. The number of amides is 1. The van der Waals surface area contributed by atoms with E-state index in [1.807, 2.05) is 0 Å². The molecule has 1 heterocycles. The molecule has 0 atom stereocenters. The molecule has 0 aromatic carbocycles. The van der Waals surface area contributed by atoms with Gasteiger partial charge in [-0.25, -0.2) is 0 Å². The molecule has 0 radical (unpaired) electrons. The highest BCUT2D eigenvalue weighted by Crippen LogP contribution is 2.09. The smallest absolute Gasteiger partial charge is 0.220 e. The van der Waals surface area contributed by atoms with Crippen LogP contribution in [0.5, 0.6) is 0 Å². The third-order valence-electron chi connectivity index (χ3n) is 3.62. The molecule has 0 aromatic heterocycles. The SMILES string of the molecule is CN1CCC(NC(=O)CCCCC(=C[NH3+])NN)CC1. The molecule has 19 heavy (non-hydrogen) atoms. The Labute approximate surface area is 115 Å². The maximum Gasteiger partial charge on any atom is 0.220 e. The van der Waals surface area contributed by atoms with Gasteiger partial charge in [0.05, 0.1) is 5.70 Å². The number of nitrogens with two attached hydrogens (primary N) is 1. The fourth-order valence-corrected chi connectivity index (χ4v) is 2.29. The van der Waals surface area contributed by atoms with Gasteiger partial charge in [0.25, 0.3) is 0 Å². The highest BCUT2D eigenvalue weighted by Gasteiger charge is 2.17. The summed E-state index contributed by atoms with van der Waals surface area (Å²) < 4.78 is 0. The Morgan fingerprint density at radius 2 is 2.00 bits per heavy atom. The van der Waals surface area contributed by atoms with Gasteiger partial charge in [-0.1, -0.05) is 0 Å². The number of carbonyl (C=O) groups is 1. The molecule has 6 heteroatoms. The Bertz CT molecular complexity index is 297. The van der Waals surface area contributed by atoms with Crippen LogP contribution in [0.3, 0.4) is 0 Å². The lowest BCUT2D eigenvalue weighted by atomic mass is 10.1. The van der Waals surface area contributed by atoms with E-state index < -0.39 is 0 Å². The molecule has 1 aliphatic heterocycles. The molecule has 7 N–H and O–H groups in total. The second-order valence-electron chi connectivity index (χ2n) is 5.23. The van der Waals surface area contributed by atoms with Crippen molar-refractivity contribution in [2.45, 2.75) is 44.6 Å². The monoisotopic (exact) mass is 270 g/mol. The molecule has 0 aromatic rings. The van der Waals surface area contributed by atoms with E-state index in [2.05, 4.69) is 28.4 Å². The Kier molecular flexibility index (Phi) is 7.47. The summed E-state index contributed by atoms with van der Waals surface area (Å²) in [7, 11) is 2.12. The lowest BCUT2D eigenvalue weighted by molar-refractivity contribution is -0.276. The van der Waals surface area contributed by atoms with Gasteiger partial charge >= 0.3 is 0 Å². The molecular formula is C13H28N5O+. The number of hydrazine groups is 1. The number of likely N-dealkylation sites (tertiary alicyclic amines) is 1. The third-order valence-corrected chi connectivity index (χ3v) is 3.62. The molecule has 1 aliphatic rings. The molecule has 0 bridgehead atoms. The quantitative estimate of drug-likeness (QED) is 0.279. The number of allylic oxidation sites excluding steroid dienone is 1. The first-order valence-corrected chi connectivity index (χ1v) is 7.08. The van der Waals surface area contributed by atoms with E-state index in [9.17, 15) is 4.79 Å². The largest absolute Gasteiger partial charge is 0.353 e. The first-order chi connectivity index (χ1) is 9.15. The fourth-order valence-electron chi connectivity index (χ4n) is 2.29. The number of hydrogen-bond acceptors (Lipinski definition) is 4. The van der Waals surface area contributed by atoms with Crippen molar-refractivity contribution in [1.82, 2.24) is 15.6 Å². The van der Waals surface area contributed by atoms with Crippen molar-refractivity contribution in [3.63, 3.8) is 0 Å². The zero-order valence-electron chi connectivity index (χ0n) is 12.0. The van der Waals surface area contributed by atoms with Gasteiger partial charge in [-0.15, -0.1) is 0 Å². The van der Waals surface area contributed by atoms with E-state index in [4.69, 9.17) is 5.84 Å². The minimum atomic E-state index is 0.176. The van der Waals surface area contributed by atoms with Crippen molar-refractivity contribution in [3.8, 4) is 0 Å². The van der Waals surface area contributed by atoms with Gasteiger partial charge in [-0.2, -0.15) is 0 Å². The lowest BCUT2D eigenvalue weighted by Gasteiger charge is -2.29. The topological polar surface area (TPSA) is 98.0 Å². The van der Waals surface area contributed by atoms with Crippen LogP contribution in [-0.4, -0.2) is 37.0 Å². The highest BCUT2D eigenvalue weighted by atomic mass is 16.1. The van der Waals surface area contributed by atoms with E-state index in [1.165, 1.54) is 0 Å². The number of rotatable bonds is 7. The Balaban J connectivity index is 2.08. The summed E-state index contributed by atoms with van der Waals surface area (Å²) in [5, 5.41) is 3.12. The number of quaternary nitrogens is 1. The van der Waals surface area contributed by atoms with Crippen LogP contribution in [0.1, 0.15) is 38.5 Å². The number of unbranched alkanes of at least 4 members (excludes halogenated alkanes) is 1. The molecule has 6 nitrogen and oxygen atoms in total. The standard InChI is InChI=1S/C13H27N5O/c1-18-8-6-11(7-9-18)16-13(19)5-3-2-4-12(10-14)17-15/h10-11,17H,2-9,14-15H2,1H3,(H,16,19)/p+1. The molecule has 1 saturated heterocycles. The highest BCUT2D eigenvalue weighted by molar-refractivity contribution is 5.76. The van der Waals surface area contributed by atoms with Gasteiger partial charge in [0.15, 0.2) is 0 Å². The predicted molar refractivity (Wildman–Crippen MR) is 75.4 cm³/mol. The molecule has 1 amide bonds. The summed E-state index contributed by atoms with van der Waals surface area (Å²) in [5.74, 6) is 5.49. The molecule has 0 spiro atoms. The summed E-state index contributed by atoms with van der Waals surface area (Å²) in [6.45, 7) is 2.15. The minimum Gasteiger partial charge on any atom is -0.353 e. The van der Waals surface area contributed by atoms with Crippen molar-refractivity contribution < 1.29 is 10.5 Å². The summed E-state index contributed by atoms with van der Waals surface area (Å²) in [5.41, 5.74) is 7.20. The zero-order chi connectivity index (χ0) is 14.1. The average molecular weight is 270 g/mol. The number of nitrogens with zero attached hydrogens (tertiary/aromatic N) is 1. The van der Waals surface area contributed by atoms with Gasteiger partial charge in [-0.3, -0.25) is 10.6 Å². The summed E-state index contributed by atoms with van der Waals surface area (Å²) in [6, 6.07) is 0.365. The third kappa shape index (κ3) is 6.56. The van der Waals surface area contributed by atoms with E-state index in [0.717, 1.165) is 50.9 Å². The number of hydrogen-bond donors (Lipinski definition) is 4. The van der Waals surface area contributed by atoms with Crippen LogP contribution in [-0.2, 0) is 4.79 Å². The Hall–Kier alpha value is -1.11. The maximum absolute atomic E-state index is 11.8. The molecule has 0 unspecified atom stereocenters. The van der Waals surface area contributed by atoms with Crippen molar-refractivity contribution in [1.29, 1.82) is 0 Å². The number of carbonyl (C=O) groups excluding carboxylic acids is 1. The average Bonchev–Trinajstić information content (AvgIpc) is 2.42. The van der Waals surface area contributed by atoms with Crippen LogP contribution in [0.4, 0.5) is 0 Å². The van der Waals surface area contributed by atoms with Crippen molar-refractivity contribution in [3.05, 3.63) is 11.9 Å². The van der Waals surface area contributed by atoms with Crippen molar-refractivity contribution >= 4 is 5.91 Å². The van der Waals surface area contributed by atoms with Crippen LogP contribution in [0, 0.1) is 0 Å². The van der Waals surface area contributed by atoms with E-state index in [0.29, 0.717) is 12.5 Å². The van der Waals surface area contributed by atoms with E-state index >= 15 is 0 Å². The second kappa shape index (κ2) is 8.90. The summed E-state index contributed by atoms with van der Waals surface area (Å²) in [4.78, 5) is 14.1. The van der Waals surface area contributed by atoms with Crippen molar-refractivity contribution in [2.24, 2.45) is 5.84 Å². The van der Waals surface area contributed by atoms with Crippen LogP contribution >= 0.6 is 0 Å². The Morgan fingerprint density at radius 3 is 2.58 bits per heavy atom. The normalized spacial score (nSPS) is 18.4. The molecule has 1 fully saturated rings.